The van der Waals surface area contributed by atoms with E-state index in [9.17, 15) is 4.79 Å². The zero-order valence-corrected chi connectivity index (χ0v) is 15.8. The third kappa shape index (κ3) is 3.72. The molecule has 0 saturated carbocycles. The van der Waals surface area contributed by atoms with Crippen LogP contribution < -0.4 is 0 Å². The molecule has 0 fully saturated rings. The van der Waals surface area contributed by atoms with E-state index in [0.717, 1.165) is 10.5 Å². The van der Waals surface area contributed by atoms with Crippen molar-refractivity contribution in [2.75, 3.05) is 12.8 Å². The summed E-state index contributed by atoms with van der Waals surface area (Å²) in [6.07, 6.45) is 3.63. The second-order valence-corrected chi connectivity index (χ2v) is 8.56. The predicted octanol–water partition coefficient (Wildman–Crippen LogP) is 4.54. The first-order valence-electron chi connectivity index (χ1n) is 8.52. The zero-order chi connectivity index (χ0) is 17.2. The van der Waals surface area contributed by atoms with Gasteiger partial charge in [-0.05, 0) is 54.7 Å². The first-order chi connectivity index (χ1) is 12.2. The second kappa shape index (κ2) is 7.18. The van der Waals surface area contributed by atoms with Gasteiger partial charge in [0.05, 0.1) is 22.5 Å². The number of rotatable bonds is 5. The Morgan fingerprint density at radius 3 is 2.92 bits per heavy atom. The minimum atomic E-state index is 0.143. The molecule has 128 valence electrons. The van der Waals surface area contributed by atoms with Gasteiger partial charge in [0.25, 0.3) is 0 Å². The van der Waals surface area contributed by atoms with E-state index in [1.54, 1.807) is 28.0 Å². The molecule has 3 nitrogen and oxygen atoms in total. The molecule has 0 saturated heterocycles. The summed E-state index contributed by atoms with van der Waals surface area (Å²) in [6.45, 7) is 0.572. The van der Waals surface area contributed by atoms with Crippen LogP contribution in [0.3, 0.4) is 0 Å². The monoisotopic (exact) mass is 368 g/mol. The molecule has 4 rings (SSSR count). The SMILES string of the molecule is CN(Cc1nc2ccccc2s1)C(=O)CSc1ccc2c(c1)CCC2. The molecule has 2 aromatic carbocycles. The Morgan fingerprint density at radius 2 is 2.04 bits per heavy atom. The molecule has 25 heavy (non-hydrogen) atoms. The number of carbonyl (C=O) groups is 1. The van der Waals surface area contributed by atoms with Gasteiger partial charge in [0.15, 0.2) is 0 Å². The molecule has 0 spiro atoms. The number of aryl methyl sites for hydroxylation is 2. The number of nitrogens with zero attached hydrogens (tertiary/aromatic N) is 2. The van der Waals surface area contributed by atoms with E-state index in [2.05, 4.69) is 29.2 Å². The summed E-state index contributed by atoms with van der Waals surface area (Å²) in [4.78, 5) is 20.0. The lowest BCUT2D eigenvalue weighted by Crippen LogP contribution is -2.27. The summed E-state index contributed by atoms with van der Waals surface area (Å²) in [5.41, 5.74) is 3.94. The highest BCUT2D eigenvalue weighted by atomic mass is 32.2. The number of amides is 1. The molecular formula is C20H20N2OS2. The van der Waals surface area contributed by atoms with Crippen molar-refractivity contribution in [3.8, 4) is 0 Å². The van der Waals surface area contributed by atoms with Crippen molar-refractivity contribution in [1.82, 2.24) is 9.88 Å². The normalized spacial score (nSPS) is 13.2. The topological polar surface area (TPSA) is 33.2 Å². The van der Waals surface area contributed by atoms with Crippen molar-refractivity contribution in [3.63, 3.8) is 0 Å². The van der Waals surface area contributed by atoms with E-state index in [-0.39, 0.29) is 5.91 Å². The Morgan fingerprint density at radius 1 is 1.20 bits per heavy atom. The maximum Gasteiger partial charge on any atom is 0.233 e. The van der Waals surface area contributed by atoms with Crippen LogP contribution in [0.2, 0.25) is 0 Å². The molecule has 1 amide bonds. The third-order valence-electron chi connectivity index (χ3n) is 4.57. The maximum atomic E-state index is 12.5. The largest absolute Gasteiger partial charge is 0.338 e. The van der Waals surface area contributed by atoms with Crippen molar-refractivity contribution >= 4 is 39.2 Å². The van der Waals surface area contributed by atoms with Crippen LogP contribution in [-0.2, 0) is 24.2 Å². The van der Waals surface area contributed by atoms with E-state index < -0.39 is 0 Å². The van der Waals surface area contributed by atoms with Gasteiger partial charge in [0.1, 0.15) is 5.01 Å². The average Bonchev–Trinajstić information content (AvgIpc) is 3.24. The van der Waals surface area contributed by atoms with Gasteiger partial charge in [-0.25, -0.2) is 4.98 Å². The fourth-order valence-corrected chi connectivity index (χ4v) is 5.09. The van der Waals surface area contributed by atoms with Gasteiger partial charge in [-0.1, -0.05) is 18.2 Å². The number of benzene rings is 2. The number of hydrogen-bond donors (Lipinski definition) is 0. The van der Waals surface area contributed by atoms with Crippen LogP contribution in [-0.4, -0.2) is 28.6 Å². The van der Waals surface area contributed by atoms with E-state index in [0.29, 0.717) is 12.3 Å². The van der Waals surface area contributed by atoms with Gasteiger partial charge in [0.2, 0.25) is 5.91 Å². The number of thiazole rings is 1. The smallest absolute Gasteiger partial charge is 0.233 e. The van der Waals surface area contributed by atoms with Gasteiger partial charge < -0.3 is 4.90 Å². The minimum absolute atomic E-state index is 0.143. The molecule has 1 aliphatic carbocycles. The van der Waals surface area contributed by atoms with Crippen LogP contribution in [0, 0.1) is 0 Å². The minimum Gasteiger partial charge on any atom is -0.338 e. The van der Waals surface area contributed by atoms with Crippen molar-refractivity contribution in [1.29, 1.82) is 0 Å². The number of thioether (sulfide) groups is 1. The third-order valence-corrected chi connectivity index (χ3v) is 6.57. The first-order valence-corrected chi connectivity index (χ1v) is 10.3. The summed E-state index contributed by atoms with van der Waals surface area (Å²) in [6, 6.07) is 14.7. The summed E-state index contributed by atoms with van der Waals surface area (Å²) in [5.74, 6) is 0.616. The van der Waals surface area contributed by atoms with Gasteiger partial charge in [0, 0.05) is 11.9 Å². The molecule has 1 aliphatic rings. The lowest BCUT2D eigenvalue weighted by Gasteiger charge is -2.15. The molecule has 3 aromatic rings. The van der Waals surface area contributed by atoms with Crippen LogP contribution in [0.1, 0.15) is 22.6 Å². The Hall–Kier alpha value is -1.85. The number of hydrogen-bond acceptors (Lipinski definition) is 4. The average molecular weight is 369 g/mol. The zero-order valence-electron chi connectivity index (χ0n) is 14.2. The Balaban J connectivity index is 1.35. The summed E-state index contributed by atoms with van der Waals surface area (Å²) < 4.78 is 1.17. The van der Waals surface area contributed by atoms with E-state index >= 15 is 0 Å². The van der Waals surface area contributed by atoms with Crippen molar-refractivity contribution < 1.29 is 4.79 Å². The maximum absolute atomic E-state index is 12.5. The first kappa shape index (κ1) is 16.6. The molecule has 1 aromatic heterocycles. The van der Waals surface area contributed by atoms with Gasteiger partial charge in [-0.3, -0.25) is 4.79 Å². The highest BCUT2D eigenvalue weighted by Gasteiger charge is 2.14. The Bertz CT molecular complexity index is 886. The second-order valence-electron chi connectivity index (χ2n) is 6.40. The Kier molecular flexibility index (Phi) is 4.77. The molecule has 0 radical (unpaired) electrons. The van der Waals surface area contributed by atoms with Gasteiger partial charge >= 0.3 is 0 Å². The van der Waals surface area contributed by atoms with Crippen LogP contribution in [0.4, 0.5) is 0 Å². The molecular weight excluding hydrogens is 348 g/mol. The van der Waals surface area contributed by atoms with Crippen LogP contribution >= 0.6 is 23.1 Å². The molecule has 0 aliphatic heterocycles. The number of carbonyl (C=O) groups excluding carboxylic acids is 1. The predicted molar refractivity (Wildman–Crippen MR) is 105 cm³/mol. The molecule has 0 bridgehead atoms. The van der Waals surface area contributed by atoms with Gasteiger partial charge in [-0.15, -0.1) is 23.1 Å². The fraction of sp³-hybridized carbons (Fsp3) is 0.300. The number of para-hydroxylation sites is 1. The Labute approximate surface area is 156 Å². The summed E-state index contributed by atoms with van der Waals surface area (Å²) in [5, 5.41) is 0.986. The van der Waals surface area contributed by atoms with Gasteiger partial charge in [-0.2, -0.15) is 0 Å². The van der Waals surface area contributed by atoms with Crippen molar-refractivity contribution in [3.05, 3.63) is 58.6 Å². The quantitative estimate of drug-likeness (QED) is 0.620. The van der Waals surface area contributed by atoms with Crippen molar-refractivity contribution in [2.45, 2.75) is 30.7 Å². The van der Waals surface area contributed by atoms with E-state index in [4.69, 9.17) is 0 Å². The highest BCUT2D eigenvalue weighted by molar-refractivity contribution is 8.00. The fourth-order valence-electron chi connectivity index (χ4n) is 3.17. The molecule has 5 heteroatoms. The van der Waals surface area contributed by atoms with Crippen molar-refractivity contribution in [2.24, 2.45) is 0 Å². The van der Waals surface area contributed by atoms with Crippen LogP contribution in [0.5, 0.6) is 0 Å². The van der Waals surface area contributed by atoms with Crippen LogP contribution in [0.15, 0.2) is 47.4 Å². The molecule has 0 atom stereocenters. The summed E-state index contributed by atoms with van der Waals surface area (Å²) in [7, 11) is 1.86. The highest BCUT2D eigenvalue weighted by Crippen LogP contribution is 2.28. The molecule has 0 N–H and O–H groups in total. The molecule has 1 heterocycles. The van der Waals surface area contributed by atoms with E-state index in [1.807, 2.05) is 25.2 Å². The molecule has 0 unspecified atom stereocenters. The summed E-state index contributed by atoms with van der Waals surface area (Å²) >= 11 is 3.29. The van der Waals surface area contributed by atoms with E-state index in [1.165, 1.54) is 40.0 Å². The lowest BCUT2D eigenvalue weighted by molar-refractivity contribution is -0.127. The van der Waals surface area contributed by atoms with Crippen LogP contribution in [0.25, 0.3) is 10.2 Å². The number of aromatic nitrogens is 1. The number of fused-ring (bicyclic) bond motifs is 2. The lowest BCUT2D eigenvalue weighted by atomic mass is 10.1. The standard InChI is InChI=1S/C20H20N2OS2/c1-22(12-19-21-17-7-2-3-8-18(17)25-19)20(23)13-24-16-10-9-14-5-4-6-15(14)11-16/h2-3,7-11H,4-6,12-13H2,1H3.